The third-order valence-corrected chi connectivity index (χ3v) is 6.64. The lowest BCUT2D eigenvalue weighted by Gasteiger charge is -2.32. The number of nitrogens with zero attached hydrogens (tertiary/aromatic N) is 1. The van der Waals surface area contributed by atoms with Crippen molar-refractivity contribution >= 4 is 23.4 Å². The molecule has 0 aromatic heterocycles. The standard InChI is InChI=1S/C30H35ClN2O2/c1-3-4-20-32-30(35)28(21-24-13-6-5-7-14-24)33(22-26-16-9-8-12-23(26)2)29(34)19-18-25-15-10-11-17-27(25)31/h5-17,28H,3-4,18-22H2,1-2H3,(H,32,35)/t28-/m1/s1. The van der Waals surface area contributed by atoms with E-state index in [1.54, 1.807) is 4.90 Å². The SMILES string of the molecule is CCCCNC(=O)[C@@H](Cc1ccccc1)N(Cc1ccccc1C)C(=O)CCc1ccccc1Cl. The number of hydrogen-bond acceptors (Lipinski definition) is 2. The highest BCUT2D eigenvalue weighted by Gasteiger charge is 2.30. The van der Waals surface area contributed by atoms with Crippen molar-refractivity contribution in [1.29, 1.82) is 0 Å². The fraction of sp³-hybridized carbons (Fsp3) is 0.333. The van der Waals surface area contributed by atoms with Crippen LogP contribution < -0.4 is 5.32 Å². The third-order valence-electron chi connectivity index (χ3n) is 6.27. The topological polar surface area (TPSA) is 49.4 Å². The highest BCUT2D eigenvalue weighted by Crippen LogP contribution is 2.21. The Morgan fingerprint density at radius 1 is 0.914 bits per heavy atom. The zero-order valence-electron chi connectivity index (χ0n) is 20.7. The van der Waals surface area contributed by atoms with E-state index in [1.807, 2.05) is 85.8 Å². The molecular weight excluding hydrogens is 456 g/mol. The largest absolute Gasteiger partial charge is 0.354 e. The van der Waals surface area contributed by atoms with Gasteiger partial charge in [-0.1, -0.05) is 97.7 Å². The first kappa shape index (κ1) is 26.5. The van der Waals surface area contributed by atoms with E-state index in [2.05, 4.69) is 12.2 Å². The zero-order valence-corrected chi connectivity index (χ0v) is 21.4. The maximum atomic E-state index is 13.7. The molecule has 3 rings (SSSR count). The first-order valence-corrected chi connectivity index (χ1v) is 12.8. The van der Waals surface area contributed by atoms with Crippen LogP contribution in [0.5, 0.6) is 0 Å². The molecule has 1 atom stereocenters. The molecule has 0 spiro atoms. The molecule has 4 nitrogen and oxygen atoms in total. The van der Waals surface area contributed by atoms with Gasteiger partial charge in [-0.15, -0.1) is 0 Å². The van der Waals surface area contributed by atoms with Gasteiger partial charge < -0.3 is 10.2 Å². The summed E-state index contributed by atoms with van der Waals surface area (Å²) in [6.45, 7) is 5.12. The molecule has 0 aliphatic carbocycles. The van der Waals surface area contributed by atoms with Crippen molar-refractivity contribution in [2.24, 2.45) is 0 Å². The van der Waals surface area contributed by atoms with Gasteiger partial charge in [-0.05, 0) is 48.1 Å². The Balaban J connectivity index is 1.90. The lowest BCUT2D eigenvalue weighted by atomic mass is 10.0. The molecule has 0 fully saturated rings. The second kappa shape index (κ2) is 13.7. The van der Waals surface area contributed by atoms with E-state index in [4.69, 9.17) is 11.6 Å². The summed E-state index contributed by atoms with van der Waals surface area (Å²) in [4.78, 5) is 28.9. The average molecular weight is 491 g/mol. The maximum Gasteiger partial charge on any atom is 0.243 e. The first-order chi connectivity index (χ1) is 17.0. The minimum Gasteiger partial charge on any atom is -0.354 e. The number of rotatable bonds is 12. The lowest BCUT2D eigenvalue weighted by molar-refractivity contribution is -0.141. The van der Waals surface area contributed by atoms with Crippen molar-refractivity contribution in [3.8, 4) is 0 Å². The molecule has 0 unspecified atom stereocenters. The van der Waals surface area contributed by atoms with Gasteiger partial charge in [0.05, 0.1) is 0 Å². The second-order valence-electron chi connectivity index (χ2n) is 8.89. The predicted molar refractivity (Wildman–Crippen MR) is 143 cm³/mol. The number of carbonyl (C=O) groups is 2. The Labute approximate surface area is 214 Å². The van der Waals surface area contributed by atoms with Crippen LogP contribution in [0.15, 0.2) is 78.9 Å². The number of unbranched alkanes of at least 4 members (excludes halogenated alkanes) is 1. The molecule has 0 radical (unpaired) electrons. The van der Waals surface area contributed by atoms with Crippen molar-refractivity contribution in [2.45, 2.75) is 58.5 Å². The Kier molecular flexibility index (Phi) is 10.4. The maximum absolute atomic E-state index is 13.7. The van der Waals surface area contributed by atoms with Crippen molar-refractivity contribution in [2.75, 3.05) is 6.54 Å². The van der Waals surface area contributed by atoms with Crippen LogP contribution in [0.2, 0.25) is 5.02 Å². The van der Waals surface area contributed by atoms with Crippen LogP contribution in [-0.4, -0.2) is 29.3 Å². The number of hydrogen-bond donors (Lipinski definition) is 1. The number of amides is 2. The van der Waals surface area contributed by atoms with E-state index >= 15 is 0 Å². The van der Waals surface area contributed by atoms with Gasteiger partial charge in [0.15, 0.2) is 0 Å². The van der Waals surface area contributed by atoms with Gasteiger partial charge in [-0.25, -0.2) is 0 Å². The normalized spacial score (nSPS) is 11.6. The van der Waals surface area contributed by atoms with E-state index in [9.17, 15) is 9.59 Å². The predicted octanol–water partition coefficient (Wildman–Crippen LogP) is 6.14. The van der Waals surface area contributed by atoms with Crippen molar-refractivity contribution in [3.63, 3.8) is 0 Å². The number of carbonyl (C=O) groups excluding carboxylic acids is 2. The monoisotopic (exact) mass is 490 g/mol. The molecule has 0 bridgehead atoms. The highest BCUT2D eigenvalue weighted by atomic mass is 35.5. The summed E-state index contributed by atoms with van der Waals surface area (Å²) >= 11 is 6.34. The highest BCUT2D eigenvalue weighted by molar-refractivity contribution is 6.31. The molecule has 3 aromatic carbocycles. The second-order valence-corrected chi connectivity index (χ2v) is 9.30. The summed E-state index contributed by atoms with van der Waals surface area (Å²) in [6.07, 6.45) is 3.17. The summed E-state index contributed by atoms with van der Waals surface area (Å²) < 4.78 is 0. The Bertz CT molecular complexity index is 1100. The fourth-order valence-corrected chi connectivity index (χ4v) is 4.35. The number of benzene rings is 3. The molecule has 0 heterocycles. The smallest absolute Gasteiger partial charge is 0.243 e. The molecule has 3 aromatic rings. The van der Waals surface area contributed by atoms with E-state index in [1.165, 1.54) is 0 Å². The Hall–Kier alpha value is -3.11. The van der Waals surface area contributed by atoms with E-state index in [0.29, 0.717) is 31.0 Å². The van der Waals surface area contributed by atoms with Crippen LogP contribution in [0.3, 0.4) is 0 Å². The van der Waals surface area contributed by atoms with Crippen molar-refractivity contribution in [3.05, 3.63) is 106 Å². The van der Waals surface area contributed by atoms with Gasteiger partial charge in [0.2, 0.25) is 11.8 Å². The summed E-state index contributed by atoms with van der Waals surface area (Å²) in [5.74, 6) is -0.165. The molecular formula is C30H35ClN2O2. The van der Waals surface area contributed by atoms with Crippen LogP contribution >= 0.6 is 11.6 Å². The van der Waals surface area contributed by atoms with Crippen molar-refractivity contribution in [1.82, 2.24) is 10.2 Å². The van der Waals surface area contributed by atoms with Gasteiger partial charge in [0.1, 0.15) is 6.04 Å². The van der Waals surface area contributed by atoms with E-state index in [0.717, 1.165) is 35.1 Å². The summed E-state index contributed by atoms with van der Waals surface area (Å²) in [7, 11) is 0. The molecule has 0 saturated carbocycles. The van der Waals surface area contributed by atoms with Crippen LogP contribution in [0.1, 0.15) is 48.4 Å². The summed E-state index contributed by atoms with van der Waals surface area (Å²) in [6, 6.07) is 24.9. The fourth-order valence-electron chi connectivity index (χ4n) is 4.12. The minimum atomic E-state index is -0.604. The van der Waals surface area contributed by atoms with Gasteiger partial charge in [-0.2, -0.15) is 0 Å². The summed E-state index contributed by atoms with van der Waals surface area (Å²) in [5.41, 5.74) is 4.10. The minimum absolute atomic E-state index is 0.0558. The average Bonchev–Trinajstić information content (AvgIpc) is 2.87. The number of nitrogens with one attached hydrogen (secondary N) is 1. The van der Waals surface area contributed by atoms with Crippen LogP contribution in [0, 0.1) is 6.92 Å². The van der Waals surface area contributed by atoms with Gasteiger partial charge in [0.25, 0.3) is 0 Å². The molecule has 35 heavy (non-hydrogen) atoms. The van der Waals surface area contributed by atoms with E-state index in [-0.39, 0.29) is 18.2 Å². The van der Waals surface area contributed by atoms with Crippen LogP contribution in [-0.2, 0) is 29.0 Å². The van der Waals surface area contributed by atoms with Gasteiger partial charge in [-0.3, -0.25) is 9.59 Å². The van der Waals surface area contributed by atoms with Crippen LogP contribution in [0.25, 0.3) is 0 Å². The third kappa shape index (κ3) is 7.97. The van der Waals surface area contributed by atoms with E-state index < -0.39 is 6.04 Å². The van der Waals surface area contributed by atoms with Crippen LogP contribution in [0.4, 0.5) is 0 Å². The van der Waals surface area contributed by atoms with Crippen molar-refractivity contribution < 1.29 is 9.59 Å². The molecule has 2 amide bonds. The Morgan fingerprint density at radius 2 is 1.57 bits per heavy atom. The molecule has 0 saturated heterocycles. The molecule has 184 valence electrons. The Morgan fingerprint density at radius 3 is 2.26 bits per heavy atom. The molecule has 1 N–H and O–H groups in total. The zero-order chi connectivity index (χ0) is 25.0. The van der Waals surface area contributed by atoms with Gasteiger partial charge in [0, 0.05) is 31.0 Å². The molecule has 0 aliphatic heterocycles. The number of halogens is 1. The first-order valence-electron chi connectivity index (χ1n) is 12.4. The lowest BCUT2D eigenvalue weighted by Crippen LogP contribution is -2.50. The quantitative estimate of drug-likeness (QED) is 0.310. The van der Waals surface area contributed by atoms with Gasteiger partial charge >= 0.3 is 0 Å². The number of aryl methyl sites for hydroxylation is 2. The molecule has 0 aliphatic rings. The summed E-state index contributed by atoms with van der Waals surface area (Å²) in [5, 5.41) is 3.73. The molecule has 5 heteroatoms.